The number of hydrogen-bond acceptors (Lipinski definition) is 4. The SMILES string of the molecule is CCC(NC)C(C)Sc1nnc(C)n1C. The molecule has 1 rings (SSSR count). The fourth-order valence-corrected chi connectivity index (χ4v) is 2.71. The first-order chi connectivity index (χ1) is 7.10. The third kappa shape index (κ3) is 2.95. The fourth-order valence-electron chi connectivity index (χ4n) is 1.51. The molecule has 15 heavy (non-hydrogen) atoms. The lowest BCUT2D eigenvalue weighted by Gasteiger charge is -2.20. The Balaban J connectivity index is 2.65. The van der Waals surface area contributed by atoms with Gasteiger partial charge >= 0.3 is 0 Å². The smallest absolute Gasteiger partial charge is 0.191 e. The van der Waals surface area contributed by atoms with Gasteiger partial charge in [-0.05, 0) is 20.4 Å². The summed E-state index contributed by atoms with van der Waals surface area (Å²) in [6, 6.07) is 0.520. The molecule has 0 aliphatic heterocycles. The first-order valence-electron chi connectivity index (χ1n) is 5.30. The van der Waals surface area contributed by atoms with Crippen LogP contribution >= 0.6 is 11.8 Å². The molecular formula is C10H20N4S. The van der Waals surface area contributed by atoms with Gasteiger partial charge in [0.05, 0.1) is 0 Å². The molecule has 0 aromatic carbocycles. The van der Waals surface area contributed by atoms with Gasteiger partial charge < -0.3 is 9.88 Å². The maximum Gasteiger partial charge on any atom is 0.191 e. The molecule has 1 heterocycles. The molecule has 5 heteroatoms. The van der Waals surface area contributed by atoms with Crippen molar-refractivity contribution in [1.29, 1.82) is 0 Å². The van der Waals surface area contributed by atoms with Gasteiger partial charge in [-0.1, -0.05) is 25.6 Å². The van der Waals surface area contributed by atoms with Crippen LogP contribution in [-0.4, -0.2) is 33.1 Å². The summed E-state index contributed by atoms with van der Waals surface area (Å²) in [7, 11) is 4.01. The Labute approximate surface area is 95.9 Å². The normalized spacial score (nSPS) is 15.3. The average Bonchev–Trinajstić information content (AvgIpc) is 2.52. The second-order valence-corrected chi connectivity index (χ2v) is 5.06. The van der Waals surface area contributed by atoms with Crippen molar-refractivity contribution in [2.45, 2.75) is 43.6 Å². The molecule has 0 saturated heterocycles. The molecule has 0 saturated carbocycles. The highest BCUT2D eigenvalue weighted by Crippen LogP contribution is 2.24. The average molecular weight is 228 g/mol. The van der Waals surface area contributed by atoms with E-state index in [1.165, 1.54) is 0 Å². The molecule has 1 N–H and O–H groups in total. The highest BCUT2D eigenvalue weighted by molar-refractivity contribution is 7.99. The van der Waals surface area contributed by atoms with Crippen LogP contribution in [0.15, 0.2) is 5.16 Å². The molecule has 4 nitrogen and oxygen atoms in total. The minimum atomic E-state index is 0.502. The summed E-state index contributed by atoms with van der Waals surface area (Å²) in [5, 5.41) is 13.0. The van der Waals surface area contributed by atoms with E-state index in [0.29, 0.717) is 11.3 Å². The van der Waals surface area contributed by atoms with Gasteiger partial charge in [0, 0.05) is 18.3 Å². The van der Waals surface area contributed by atoms with Crippen LogP contribution in [0.25, 0.3) is 0 Å². The molecule has 0 aliphatic carbocycles. The van der Waals surface area contributed by atoms with Crippen molar-refractivity contribution in [2.75, 3.05) is 7.05 Å². The molecule has 86 valence electrons. The van der Waals surface area contributed by atoms with Crippen molar-refractivity contribution in [3.63, 3.8) is 0 Å². The van der Waals surface area contributed by atoms with Crippen molar-refractivity contribution in [3.8, 4) is 0 Å². The van der Waals surface area contributed by atoms with Crippen LogP contribution in [0.4, 0.5) is 0 Å². The van der Waals surface area contributed by atoms with Gasteiger partial charge in [-0.3, -0.25) is 0 Å². The maximum atomic E-state index is 4.15. The minimum absolute atomic E-state index is 0.502. The number of nitrogens with one attached hydrogen (secondary N) is 1. The van der Waals surface area contributed by atoms with Crippen LogP contribution in [0.3, 0.4) is 0 Å². The molecule has 0 amide bonds. The minimum Gasteiger partial charge on any atom is -0.316 e. The van der Waals surface area contributed by atoms with Gasteiger partial charge in [0.2, 0.25) is 0 Å². The zero-order valence-electron chi connectivity index (χ0n) is 10.1. The molecule has 1 aromatic heterocycles. The quantitative estimate of drug-likeness (QED) is 0.777. The number of rotatable bonds is 5. The number of nitrogens with zero attached hydrogens (tertiary/aromatic N) is 3. The Hall–Kier alpha value is -0.550. The van der Waals surface area contributed by atoms with Crippen LogP contribution in [0.1, 0.15) is 26.1 Å². The molecule has 0 radical (unpaired) electrons. The Morgan fingerprint density at radius 2 is 2.13 bits per heavy atom. The Morgan fingerprint density at radius 1 is 1.47 bits per heavy atom. The summed E-state index contributed by atoms with van der Waals surface area (Å²) in [4.78, 5) is 0. The van der Waals surface area contributed by atoms with Crippen molar-refractivity contribution in [2.24, 2.45) is 7.05 Å². The van der Waals surface area contributed by atoms with E-state index in [9.17, 15) is 0 Å². The lowest BCUT2D eigenvalue weighted by atomic mass is 10.2. The second kappa shape index (κ2) is 5.51. The molecular weight excluding hydrogens is 208 g/mol. The molecule has 0 fully saturated rings. The number of thioether (sulfide) groups is 1. The van der Waals surface area contributed by atoms with E-state index in [1.54, 1.807) is 11.8 Å². The summed E-state index contributed by atoms with van der Waals surface area (Å²) in [5.74, 6) is 0.960. The van der Waals surface area contributed by atoms with Crippen LogP contribution in [0.2, 0.25) is 0 Å². The Kier molecular flexibility index (Phi) is 4.60. The molecule has 2 unspecified atom stereocenters. The first kappa shape index (κ1) is 12.5. The first-order valence-corrected chi connectivity index (χ1v) is 6.18. The van der Waals surface area contributed by atoms with Gasteiger partial charge in [-0.2, -0.15) is 0 Å². The third-order valence-corrected chi connectivity index (χ3v) is 3.99. The largest absolute Gasteiger partial charge is 0.316 e. The molecule has 0 spiro atoms. The lowest BCUT2D eigenvalue weighted by Crippen LogP contribution is -2.33. The van der Waals surface area contributed by atoms with Crippen LogP contribution in [0.5, 0.6) is 0 Å². The van der Waals surface area contributed by atoms with Crippen LogP contribution < -0.4 is 5.32 Å². The van der Waals surface area contributed by atoms with Crippen molar-refractivity contribution < 1.29 is 0 Å². The standard InChI is InChI=1S/C10H20N4S/c1-6-9(11-4)7(2)15-10-13-12-8(3)14(10)5/h7,9,11H,6H2,1-5H3. The molecule has 1 aromatic rings. The predicted molar refractivity (Wildman–Crippen MR) is 64.2 cm³/mol. The monoisotopic (exact) mass is 228 g/mol. The summed E-state index contributed by atoms with van der Waals surface area (Å²) in [6.07, 6.45) is 1.13. The van der Waals surface area contributed by atoms with E-state index in [4.69, 9.17) is 0 Å². The van der Waals surface area contributed by atoms with Gasteiger partial charge in [0.1, 0.15) is 5.82 Å². The molecule has 0 aliphatic rings. The van der Waals surface area contributed by atoms with Gasteiger partial charge in [0.15, 0.2) is 5.16 Å². The van der Waals surface area contributed by atoms with Crippen molar-refractivity contribution >= 4 is 11.8 Å². The number of hydrogen-bond donors (Lipinski definition) is 1. The van der Waals surface area contributed by atoms with Crippen molar-refractivity contribution in [1.82, 2.24) is 20.1 Å². The van der Waals surface area contributed by atoms with Gasteiger partial charge in [-0.25, -0.2) is 0 Å². The van der Waals surface area contributed by atoms with E-state index < -0.39 is 0 Å². The zero-order chi connectivity index (χ0) is 11.4. The molecule has 0 bridgehead atoms. The highest BCUT2D eigenvalue weighted by atomic mass is 32.2. The Bertz CT molecular complexity index is 306. The van der Waals surface area contributed by atoms with E-state index in [1.807, 2.05) is 25.6 Å². The van der Waals surface area contributed by atoms with E-state index in [2.05, 4.69) is 29.4 Å². The van der Waals surface area contributed by atoms with Crippen molar-refractivity contribution in [3.05, 3.63) is 5.82 Å². The summed E-state index contributed by atoms with van der Waals surface area (Å²) in [6.45, 7) is 6.39. The third-order valence-electron chi connectivity index (χ3n) is 2.72. The fraction of sp³-hybridized carbons (Fsp3) is 0.800. The number of aromatic nitrogens is 3. The lowest BCUT2D eigenvalue weighted by molar-refractivity contribution is 0.540. The summed E-state index contributed by atoms with van der Waals surface area (Å²) >= 11 is 1.78. The second-order valence-electron chi connectivity index (χ2n) is 3.72. The maximum absolute atomic E-state index is 4.15. The molecule has 2 atom stereocenters. The van der Waals surface area contributed by atoms with Crippen LogP contribution in [-0.2, 0) is 7.05 Å². The van der Waals surface area contributed by atoms with E-state index in [0.717, 1.165) is 17.4 Å². The Morgan fingerprint density at radius 3 is 2.53 bits per heavy atom. The van der Waals surface area contributed by atoms with Gasteiger partial charge in [0.25, 0.3) is 0 Å². The number of aryl methyl sites for hydroxylation is 1. The topological polar surface area (TPSA) is 42.7 Å². The summed E-state index contributed by atoms with van der Waals surface area (Å²) < 4.78 is 2.03. The highest BCUT2D eigenvalue weighted by Gasteiger charge is 2.17. The summed E-state index contributed by atoms with van der Waals surface area (Å²) in [5.41, 5.74) is 0. The van der Waals surface area contributed by atoms with Gasteiger partial charge in [-0.15, -0.1) is 10.2 Å². The predicted octanol–water partition coefficient (Wildman–Crippen LogP) is 1.60. The van der Waals surface area contributed by atoms with E-state index in [-0.39, 0.29) is 0 Å². The van der Waals surface area contributed by atoms with Crippen LogP contribution in [0, 0.1) is 6.92 Å². The van der Waals surface area contributed by atoms with E-state index >= 15 is 0 Å². The zero-order valence-corrected chi connectivity index (χ0v) is 10.9.